The monoisotopic (exact) mass is 814 g/mol. The van der Waals surface area contributed by atoms with Gasteiger partial charge in [-0.05, 0) is 44.9 Å². The minimum atomic E-state index is -0.808. The summed E-state index contributed by atoms with van der Waals surface area (Å²) in [5.41, 5.74) is 0. The molecule has 6 heteroatoms. The van der Waals surface area contributed by atoms with Crippen LogP contribution < -0.4 is 5.32 Å². The van der Waals surface area contributed by atoms with Gasteiger partial charge in [0.15, 0.2) is 0 Å². The smallest absolute Gasteiger partial charge is 0.306 e. The first-order chi connectivity index (χ1) is 28.5. The van der Waals surface area contributed by atoms with Crippen molar-refractivity contribution in [2.45, 2.75) is 264 Å². The number of aliphatic hydroxyl groups is 2. The summed E-state index contributed by atoms with van der Waals surface area (Å²) in [6.45, 7) is 6.41. The fraction of sp³-hybridized carbons (Fsp3) is 0.808. The third-order valence-electron chi connectivity index (χ3n) is 11.2. The number of unbranched alkanes of at least 4 members (excludes halogenated alkanes) is 25. The topological polar surface area (TPSA) is 95.9 Å². The van der Waals surface area contributed by atoms with Crippen LogP contribution in [0.2, 0.25) is 0 Å². The van der Waals surface area contributed by atoms with Gasteiger partial charge in [0.05, 0.1) is 25.2 Å². The van der Waals surface area contributed by atoms with Crippen LogP contribution in [0.15, 0.2) is 48.6 Å². The fourth-order valence-corrected chi connectivity index (χ4v) is 7.35. The second-order valence-electron chi connectivity index (χ2n) is 16.9. The van der Waals surface area contributed by atoms with Crippen LogP contribution in [-0.2, 0) is 14.3 Å². The van der Waals surface area contributed by atoms with Crippen molar-refractivity contribution < 1.29 is 24.5 Å². The van der Waals surface area contributed by atoms with E-state index < -0.39 is 18.2 Å². The Morgan fingerprint density at radius 2 is 0.914 bits per heavy atom. The fourth-order valence-electron chi connectivity index (χ4n) is 7.35. The van der Waals surface area contributed by atoms with Crippen LogP contribution in [0.25, 0.3) is 0 Å². The van der Waals surface area contributed by atoms with Crippen molar-refractivity contribution in [1.29, 1.82) is 0 Å². The number of aliphatic hydroxyl groups excluding tert-OH is 2. The number of ether oxygens (including phenoxy) is 1. The summed E-state index contributed by atoms with van der Waals surface area (Å²) >= 11 is 0. The van der Waals surface area contributed by atoms with Gasteiger partial charge in [0.2, 0.25) is 5.91 Å². The lowest BCUT2D eigenvalue weighted by Crippen LogP contribution is -2.46. The van der Waals surface area contributed by atoms with Gasteiger partial charge in [0, 0.05) is 12.8 Å². The van der Waals surface area contributed by atoms with Crippen molar-refractivity contribution >= 4 is 11.9 Å². The highest BCUT2D eigenvalue weighted by atomic mass is 16.5. The Kier molecular flexibility index (Phi) is 44.2. The Bertz CT molecular complexity index is 1000. The number of amides is 1. The molecule has 1 amide bonds. The van der Waals surface area contributed by atoms with Crippen molar-refractivity contribution in [3.05, 3.63) is 48.6 Å². The van der Waals surface area contributed by atoms with Crippen molar-refractivity contribution in [3.63, 3.8) is 0 Å². The molecule has 0 bridgehead atoms. The zero-order valence-electron chi connectivity index (χ0n) is 38.4. The van der Waals surface area contributed by atoms with Gasteiger partial charge in [-0.3, -0.25) is 9.59 Å². The lowest BCUT2D eigenvalue weighted by molar-refractivity contribution is -0.150. The van der Waals surface area contributed by atoms with Crippen molar-refractivity contribution in [2.75, 3.05) is 6.61 Å². The van der Waals surface area contributed by atoms with E-state index in [0.29, 0.717) is 19.3 Å². The maximum absolute atomic E-state index is 13.1. The molecule has 0 aromatic heterocycles. The highest BCUT2D eigenvalue weighted by Gasteiger charge is 2.23. The average molecular weight is 814 g/mol. The van der Waals surface area contributed by atoms with Crippen molar-refractivity contribution in [2.24, 2.45) is 0 Å². The molecule has 0 fully saturated rings. The lowest BCUT2D eigenvalue weighted by atomic mass is 10.0. The van der Waals surface area contributed by atoms with Gasteiger partial charge in [-0.2, -0.15) is 0 Å². The van der Waals surface area contributed by atoms with E-state index in [2.05, 4.69) is 68.6 Å². The summed E-state index contributed by atoms with van der Waals surface area (Å²) in [5.74, 6) is -0.571. The molecule has 0 aliphatic rings. The van der Waals surface area contributed by atoms with E-state index in [-0.39, 0.29) is 24.9 Å². The molecule has 338 valence electrons. The van der Waals surface area contributed by atoms with Crippen LogP contribution in [0.5, 0.6) is 0 Å². The zero-order chi connectivity index (χ0) is 42.4. The Labute approximate surface area is 359 Å². The molecule has 0 spiro atoms. The van der Waals surface area contributed by atoms with Gasteiger partial charge in [-0.15, -0.1) is 0 Å². The number of esters is 1. The van der Waals surface area contributed by atoms with Crippen LogP contribution in [0, 0.1) is 0 Å². The van der Waals surface area contributed by atoms with E-state index in [4.69, 9.17) is 4.74 Å². The number of hydrogen-bond donors (Lipinski definition) is 3. The van der Waals surface area contributed by atoms with Crippen LogP contribution in [0.1, 0.15) is 245 Å². The zero-order valence-corrected chi connectivity index (χ0v) is 38.4. The molecule has 0 saturated heterocycles. The average Bonchev–Trinajstić information content (AvgIpc) is 3.22. The van der Waals surface area contributed by atoms with E-state index in [9.17, 15) is 19.8 Å². The Balaban J connectivity index is 4.72. The van der Waals surface area contributed by atoms with Crippen LogP contribution in [-0.4, -0.2) is 46.9 Å². The van der Waals surface area contributed by atoms with E-state index >= 15 is 0 Å². The van der Waals surface area contributed by atoms with Crippen LogP contribution in [0.4, 0.5) is 0 Å². The number of carbonyl (C=O) groups excluding carboxylic acids is 2. The van der Waals surface area contributed by atoms with Gasteiger partial charge in [0.25, 0.3) is 0 Å². The lowest BCUT2D eigenvalue weighted by Gasteiger charge is -2.24. The first kappa shape index (κ1) is 55.8. The predicted octanol–water partition coefficient (Wildman–Crippen LogP) is 14.7. The van der Waals surface area contributed by atoms with E-state index in [1.54, 1.807) is 0 Å². The third kappa shape index (κ3) is 40.6. The molecular formula is C52H95NO5. The molecule has 0 aromatic rings. The third-order valence-corrected chi connectivity index (χ3v) is 11.2. The molecule has 0 radical (unpaired) electrons. The second kappa shape index (κ2) is 45.9. The Morgan fingerprint density at radius 3 is 1.38 bits per heavy atom. The molecule has 0 heterocycles. The van der Waals surface area contributed by atoms with Gasteiger partial charge in [-0.1, -0.05) is 230 Å². The minimum Gasteiger partial charge on any atom is -0.461 e. The van der Waals surface area contributed by atoms with Gasteiger partial charge >= 0.3 is 5.97 Å². The number of hydrogen-bond acceptors (Lipinski definition) is 5. The molecular weight excluding hydrogens is 719 g/mol. The molecule has 0 aromatic carbocycles. The number of carbonyl (C=O) groups is 2. The van der Waals surface area contributed by atoms with Gasteiger partial charge in [-0.25, -0.2) is 0 Å². The van der Waals surface area contributed by atoms with Crippen LogP contribution in [0.3, 0.4) is 0 Å². The summed E-state index contributed by atoms with van der Waals surface area (Å²) in [4.78, 5) is 26.0. The molecule has 3 unspecified atom stereocenters. The summed E-state index contributed by atoms with van der Waals surface area (Å²) < 4.78 is 5.86. The SMILES string of the molecule is CCCCC/C=C\C/C=C\C/C=C\C/C=C\CC(CC(=O)NC(CO)C(O)CCCCCCCCCCCC)OC(=O)CCCCCCCCCCCCCCCC. The standard InChI is InChI=1S/C52H95NO5/c1-4-7-10-13-16-19-22-24-26-27-29-31-34-37-40-43-48(58-52(57)45-42-39-36-33-30-28-25-23-20-17-14-11-8-5-2)46-51(56)53-49(47-54)50(55)44-41-38-35-32-21-18-15-12-9-6-3/h16,19,24,26,29,31,37,40,48-50,54-55H,4-15,17-18,20-23,25,27-28,30,32-36,38-39,41-47H2,1-3H3,(H,53,56)/b19-16-,26-24-,31-29-,40-37-. The largest absolute Gasteiger partial charge is 0.461 e. The molecule has 0 aliphatic heterocycles. The summed E-state index contributed by atoms with van der Waals surface area (Å²) in [7, 11) is 0. The molecule has 3 atom stereocenters. The number of nitrogens with one attached hydrogen (secondary N) is 1. The highest BCUT2D eigenvalue weighted by Crippen LogP contribution is 2.16. The van der Waals surface area contributed by atoms with Gasteiger partial charge < -0.3 is 20.3 Å². The molecule has 6 nitrogen and oxygen atoms in total. The van der Waals surface area contributed by atoms with Gasteiger partial charge in [0.1, 0.15) is 6.10 Å². The maximum atomic E-state index is 13.1. The quantitative estimate of drug-likeness (QED) is 0.0323. The summed E-state index contributed by atoms with van der Waals surface area (Å²) in [5, 5.41) is 23.6. The summed E-state index contributed by atoms with van der Waals surface area (Å²) in [6, 6.07) is -0.727. The van der Waals surface area contributed by atoms with E-state index in [0.717, 1.165) is 57.8 Å². The molecule has 0 aliphatic carbocycles. The van der Waals surface area contributed by atoms with E-state index in [1.807, 2.05) is 6.08 Å². The normalized spacial score (nSPS) is 13.7. The maximum Gasteiger partial charge on any atom is 0.306 e. The van der Waals surface area contributed by atoms with Crippen LogP contribution >= 0.6 is 0 Å². The second-order valence-corrected chi connectivity index (χ2v) is 16.9. The molecule has 0 rings (SSSR count). The van der Waals surface area contributed by atoms with E-state index in [1.165, 1.54) is 141 Å². The molecule has 3 N–H and O–H groups in total. The first-order valence-corrected chi connectivity index (χ1v) is 24.9. The number of rotatable bonds is 44. The first-order valence-electron chi connectivity index (χ1n) is 24.9. The Morgan fingerprint density at radius 1 is 0.517 bits per heavy atom. The number of allylic oxidation sites excluding steroid dienone is 7. The highest BCUT2D eigenvalue weighted by molar-refractivity contribution is 5.77. The van der Waals surface area contributed by atoms with Crippen molar-refractivity contribution in [1.82, 2.24) is 5.32 Å². The molecule has 0 saturated carbocycles. The molecule has 58 heavy (non-hydrogen) atoms. The Hall–Kier alpha value is -2.18. The van der Waals surface area contributed by atoms with Crippen molar-refractivity contribution in [3.8, 4) is 0 Å². The predicted molar refractivity (Wildman–Crippen MR) is 250 cm³/mol. The minimum absolute atomic E-state index is 0.00395. The summed E-state index contributed by atoms with van der Waals surface area (Å²) in [6.07, 6.45) is 54.7.